The van der Waals surface area contributed by atoms with E-state index in [0.29, 0.717) is 0 Å². The molecule has 0 spiro atoms. The maximum Gasteiger partial charge on any atom is 0.133 e. The van der Waals surface area contributed by atoms with E-state index in [1.165, 1.54) is 26.6 Å². The van der Waals surface area contributed by atoms with Crippen molar-refractivity contribution in [2.75, 3.05) is 6.54 Å². The molecule has 0 saturated carbocycles. The van der Waals surface area contributed by atoms with Gasteiger partial charge in [0.05, 0.1) is 0 Å². The monoisotopic (exact) mass is 369 g/mol. The third kappa shape index (κ3) is 3.68. The van der Waals surface area contributed by atoms with Gasteiger partial charge in [0.15, 0.2) is 0 Å². The molecule has 3 aromatic rings. The van der Waals surface area contributed by atoms with Crippen LogP contribution in [0.4, 0.5) is 0 Å². The van der Waals surface area contributed by atoms with E-state index < -0.39 is 0 Å². The minimum absolute atomic E-state index is 0.0151. The normalized spacial score (nSPS) is 15.3. The summed E-state index contributed by atoms with van der Waals surface area (Å²) in [6.45, 7) is 9.54. The lowest BCUT2D eigenvalue weighted by atomic mass is 9.95. The number of hydrogen-bond acceptors (Lipinski definition) is 5. The van der Waals surface area contributed by atoms with Gasteiger partial charge in [0.25, 0.3) is 0 Å². The summed E-state index contributed by atoms with van der Waals surface area (Å²) >= 11 is 3.66. The van der Waals surface area contributed by atoms with Crippen LogP contribution in [0.2, 0.25) is 0 Å². The van der Waals surface area contributed by atoms with Crippen LogP contribution in [0, 0.1) is 0 Å². The predicted octanol–water partition coefficient (Wildman–Crippen LogP) is 5.12. The molecule has 0 fully saturated rings. The lowest BCUT2D eigenvalue weighted by Crippen LogP contribution is -2.31. The molecule has 0 radical (unpaired) electrons. The standard InChI is InChI=1S/C20H23N3S2/c1-20(2,3)19-21-10-15-11-23(8-6-17(15)22-19)12-16-4-5-18(25-16)14-7-9-24-13-14/h4-5,7,9-10,13H,6,8,11-12H2,1-3H3. The molecule has 0 bridgehead atoms. The van der Waals surface area contributed by atoms with Gasteiger partial charge >= 0.3 is 0 Å². The zero-order chi connectivity index (χ0) is 17.4. The minimum Gasteiger partial charge on any atom is -0.293 e. The lowest BCUT2D eigenvalue weighted by Gasteiger charge is -2.28. The van der Waals surface area contributed by atoms with Crippen LogP contribution in [0.15, 0.2) is 35.2 Å². The third-order valence-electron chi connectivity index (χ3n) is 4.53. The molecule has 1 aliphatic rings. The van der Waals surface area contributed by atoms with Crippen molar-refractivity contribution in [1.29, 1.82) is 0 Å². The molecule has 4 rings (SSSR count). The zero-order valence-electron chi connectivity index (χ0n) is 15.0. The summed E-state index contributed by atoms with van der Waals surface area (Å²) in [6.07, 6.45) is 3.06. The van der Waals surface area contributed by atoms with E-state index in [1.807, 2.05) is 17.5 Å². The van der Waals surface area contributed by atoms with Gasteiger partial charge in [0, 0.05) is 64.2 Å². The van der Waals surface area contributed by atoms with Gasteiger partial charge in [-0.05, 0) is 29.0 Å². The Morgan fingerprint density at radius 2 is 2.08 bits per heavy atom. The molecule has 0 N–H and O–H groups in total. The smallest absolute Gasteiger partial charge is 0.133 e. The zero-order valence-corrected chi connectivity index (χ0v) is 16.6. The first kappa shape index (κ1) is 16.9. The SMILES string of the molecule is CC(C)(C)c1ncc2c(n1)CCN(Cc1ccc(-c3ccsc3)s1)C2. The van der Waals surface area contributed by atoms with Gasteiger partial charge in [0.1, 0.15) is 5.82 Å². The van der Waals surface area contributed by atoms with Crippen molar-refractivity contribution in [3.05, 3.63) is 57.1 Å². The van der Waals surface area contributed by atoms with Gasteiger partial charge in [-0.25, -0.2) is 9.97 Å². The Bertz CT molecular complexity index is 859. The van der Waals surface area contributed by atoms with Gasteiger partial charge in [0.2, 0.25) is 0 Å². The summed E-state index contributed by atoms with van der Waals surface area (Å²) in [5.74, 6) is 0.957. The summed E-state index contributed by atoms with van der Waals surface area (Å²) < 4.78 is 0. The molecule has 4 heterocycles. The molecule has 0 saturated heterocycles. The predicted molar refractivity (Wildman–Crippen MR) is 106 cm³/mol. The first-order valence-electron chi connectivity index (χ1n) is 8.68. The Labute approximate surface area is 157 Å². The fourth-order valence-electron chi connectivity index (χ4n) is 3.11. The van der Waals surface area contributed by atoms with Gasteiger partial charge < -0.3 is 0 Å². The molecule has 130 valence electrons. The molecular weight excluding hydrogens is 346 g/mol. The van der Waals surface area contributed by atoms with Gasteiger partial charge in [-0.3, -0.25) is 4.90 Å². The van der Waals surface area contributed by atoms with Crippen molar-refractivity contribution < 1.29 is 0 Å². The molecule has 3 nitrogen and oxygen atoms in total. The summed E-state index contributed by atoms with van der Waals surface area (Å²) in [6, 6.07) is 6.71. The second-order valence-electron chi connectivity index (χ2n) is 7.65. The first-order chi connectivity index (χ1) is 12.0. The van der Waals surface area contributed by atoms with Crippen LogP contribution >= 0.6 is 22.7 Å². The molecule has 0 aromatic carbocycles. The van der Waals surface area contributed by atoms with Crippen molar-refractivity contribution in [3.63, 3.8) is 0 Å². The highest BCUT2D eigenvalue weighted by atomic mass is 32.1. The van der Waals surface area contributed by atoms with Crippen LogP contribution in [0.25, 0.3) is 10.4 Å². The van der Waals surface area contributed by atoms with Crippen molar-refractivity contribution in [2.45, 2.75) is 45.7 Å². The molecular formula is C20H23N3S2. The second kappa shape index (κ2) is 6.63. The molecule has 0 atom stereocenters. The van der Waals surface area contributed by atoms with E-state index >= 15 is 0 Å². The van der Waals surface area contributed by atoms with E-state index in [1.54, 1.807) is 11.3 Å². The largest absolute Gasteiger partial charge is 0.293 e. The quantitative estimate of drug-likeness (QED) is 0.641. The van der Waals surface area contributed by atoms with E-state index in [2.05, 4.69) is 59.6 Å². The molecule has 0 unspecified atom stereocenters. The minimum atomic E-state index is 0.0151. The highest BCUT2D eigenvalue weighted by molar-refractivity contribution is 7.16. The second-order valence-corrected chi connectivity index (χ2v) is 9.60. The van der Waals surface area contributed by atoms with Crippen molar-refractivity contribution in [1.82, 2.24) is 14.9 Å². The van der Waals surface area contributed by atoms with Crippen LogP contribution in [0.5, 0.6) is 0 Å². The molecule has 25 heavy (non-hydrogen) atoms. The summed E-state index contributed by atoms with van der Waals surface area (Å²) in [4.78, 5) is 14.7. The highest BCUT2D eigenvalue weighted by Gasteiger charge is 2.23. The Hall–Kier alpha value is -1.56. The molecule has 3 aromatic heterocycles. The van der Waals surface area contributed by atoms with Crippen molar-refractivity contribution >= 4 is 22.7 Å². The summed E-state index contributed by atoms with van der Waals surface area (Å²) in [7, 11) is 0. The van der Waals surface area contributed by atoms with Crippen LogP contribution < -0.4 is 0 Å². The number of hydrogen-bond donors (Lipinski definition) is 0. The Morgan fingerprint density at radius 3 is 2.84 bits per heavy atom. The van der Waals surface area contributed by atoms with Crippen LogP contribution in [0.1, 0.15) is 42.7 Å². The molecule has 5 heteroatoms. The van der Waals surface area contributed by atoms with E-state index in [-0.39, 0.29) is 5.41 Å². The number of thiophene rings is 2. The summed E-state index contributed by atoms with van der Waals surface area (Å²) in [5, 5.41) is 4.36. The lowest BCUT2D eigenvalue weighted by molar-refractivity contribution is 0.244. The van der Waals surface area contributed by atoms with Crippen molar-refractivity contribution in [2.24, 2.45) is 0 Å². The molecule has 0 aliphatic carbocycles. The van der Waals surface area contributed by atoms with Crippen LogP contribution in [-0.4, -0.2) is 21.4 Å². The molecule has 0 amide bonds. The van der Waals surface area contributed by atoms with Crippen molar-refractivity contribution in [3.8, 4) is 10.4 Å². The third-order valence-corrected chi connectivity index (χ3v) is 6.33. The number of fused-ring (bicyclic) bond motifs is 1. The first-order valence-corrected chi connectivity index (χ1v) is 10.4. The molecule has 1 aliphatic heterocycles. The van der Waals surface area contributed by atoms with E-state index in [0.717, 1.165) is 31.9 Å². The maximum atomic E-state index is 4.83. The number of aromatic nitrogens is 2. The average molecular weight is 370 g/mol. The van der Waals surface area contributed by atoms with E-state index in [9.17, 15) is 0 Å². The van der Waals surface area contributed by atoms with Crippen LogP contribution in [-0.2, 0) is 24.9 Å². The number of nitrogens with zero attached hydrogens (tertiary/aromatic N) is 3. The topological polar surface area (TPSA) is 29.0 Å². The average Bonchev–Trinajstić information content (AvgIpc) is 3.24. The Kier molecular flexibility index (Phi) is 4.48. The maximum absolute atomic E-state index is 4.83. The van der Waals surface area contributed by atoms with Gasteiger partial charge in [-0.1, -0.05) is 20.8 Å². The van der Waals surface area contributed by atoms with Crippen LogP contribution in [0.3, 0.4) is 0 Å². The fraction of sp³-hybridized carbons (Fsp3) is 0.400. The highest BCUT2D eigenvalue weighted by Crippen LogP contribution is 2.31. The Balaban J connectivity index is 1.46. The van der Waals surface area contributed by atoms with Gasteiger partial charge in [-0.15, -0.1) is 11.3 Å². The number of rotatable bonds is 3. The Morgan fingerprint density at radius 1 is 1.20 bits per heavy atom. The van der Waals surface area contributed by atoms with E-state index in [4.69, 9.17) is 4.98 Å². The van der Waals surface area contributed by atoms with Gasteiger partial charge in [-0.2, -0.15) is 11.3 Å². The summed E-state index contributed by atoms with van der Waals surface area (Å²) in [5.41, 5.74) is 3.88. The fourth-order valence-corrected chi connectivity index (χ4v) is 4.89.